The van der Waals surface area contributed by atoms with E-state index in [1.807, 2.05) is 0 Å². The molecule has 0 aliphatic heterocycles. The summed E-state index contributed by atoms with van der Waals surface area (Å²) < 4.78 is 4.99. The standard InChI is InChI=1S/C11H17N3O4/c1-6(2)11(4,9(16)17)5-8(15)12-10-14-13-7(3)18-10/h6H,5H2,1-4H3,(H,16,17)(H,12,14,15). The van der Waals surface area contributed by atoms with Crippen LogP contribution in [0.4, 0.5) is 6.01 Å². The second-order valence-electron chi connectivity index (χ2n) is 4.73. The van der Waals surface area contributed by atoms with Crippen molar-refractivity contribution in [2.45, 2.75) is 34.1 Å². The normalized spacial score (nSPS) is 14.3. The SMILES string of the molecule is Cc1nnc(NC(=O)CC(C)(C(=O)O)C(C)C)o1. The van der Waals surface area contributed by atoms with Gasteiger partial charge < -0.3 is 9.52 Å². The molecule has 1 rings (SSSR count). The molecule has 1 amide bonds. The first-order chi connectivity index (χ1) is 8.25. The van der Waals surface area contributed by atoms with Gasteiger partial charge in [-0.25, -0.2) is 0 Å². The predicted molar refractivity (Wildman–Crippen MR) is 62.9 cm³/mol. The predicted octanol–water partition coefficient (Wildman–Crippen LogP) is 1.45. The number of rotatable bonds is 5. The van der Waals surface area contributed by atoms with Crippen LogP contribution in [0.5, 0.6) is 0 Å². The number of carbonyl (C=O) groups excluding carboxylic acids is 1. The summed E-state index contributed by atoms with van der Waals surface area (Å²) >= 11 is 0. The van der Waals surface area contributed by atoms with Crippen LogP contribution in [0.15, 0.2) is 4.42 Å². The lowest BCUT2D eigenvalue weighted by Gasteiger charge is -2.27. The fraction of sp³-hybridized carbons (Fsp3) is 0.636. The Bertz CT molecular complexity index is 455. The smallest absolute Gasteiger partial charge is 0.322 e. The molecule has 1 aromatic rings. The molecule has 18 heavy (non-hydrogen) atoms. The highest BCUT2D eigenvalue weighted by Gasteiger charge is 2.39. The van der Waals surface area contributed by atoms with Crippen molar-refractivity contribution >= 4 is 17.9 Å². The molecule has 1 atom stereocenters. The number of carboxylic acid groups (broad SMARTS) is 1. The summed E-state index contributed by atoms with van der Waals surface area (Å²) in [5.74, 6) is -1.31. The van der Waals surface area contributed by atoms with E-state index in [-0.39, 0.29) is 18.4 Å². The number of hydrogen-bond acceptors (Lipinski definition) is 5. The molecular weight excluding hydrogens is 238 g/mol. The van der Waals surface area contributed by atoms with E-state index in [1.54, 1.807) is 27.7 Å². The Morgan fingerprint density at radius 1 is 1.44 bits per heavy atom. The highest BCUT2D eigenvalue weighted by Crippen LogP contribution is 2.31. The van der Waals surface area contributed by atoms with Crippen LogP contribution in [0.1, 0.15) is 33.1 Å². The van der Waals surface area contributed by atoms with Crippen LogP contribution in [-0.4, -0.2) is 27.2 Å². The molecule has 0 saturated carbocycles. The Morgan fingerprint density at radius 3 is 2.44 bits per heavy atom. The third-order valence-corrected chi connectivity index (χ3v) is 3.06. The number of aromatic nitrogens is 2. The Kier molecular flexibility index (Phi) is 4.05. The van der Waals surface area contributed by atoms with Crippen LogP contribution in [0.3, 0.4) is 0 Å². The number of carboxylic acids is 1. The van der Waals surface area contributed by atoms with E-state index >= 15 is 0 Å². The minimum Gasteiger partial charge on any atom is -0.481 e. The van der Waals surface area contributed by atoms with Gasteiger partial charge in [0.05, 0.1) is 5.41 Å². The van der Waals surface area contributed by atoms with Crippen LogP contribution in [0.2, 0.25) is 0 Å². The van der Waals surface area contributed by atoms with Gasteiger partial charge in [-0.2, -0.15) is 0 Å². The number of amides is 1. The van der Waals surface area contributed by atoms with Crippen LogP contribution in [-0.2, 0) is 9.59 Å². The zero-order chi connectivity index (χ0) is 13.9. The summed E-state index contributed by atoms with van der Waals surface area (Å²) in [5.41, 5.74) is -1.13. The van der Waals surface area contributed by atoms with E-state index in [0.717, 1.165) is 0 Å². The van der Waals surface area contributed by atoms with Crippen molar-refractivity contribution in [1.29, 1.82) is 0 Å². The number of aliphatic carboxylic acids is 1. The zero-order valence-corrected chi connectivity index (χ0v) is 10.9. The molecule has 0 aliphatic carbocycles. The first kappa shape index (κ1) is 14.1. The van der Waals surface area contributed by atoms with Crippen molar-refractivity contribution in [2.75, 3.05) is 5.32 Å². The third kappa shape index (κ3) is 3.06. The monoisotopic (exact) mass is 255 g/mol. The van der Waals surface area contributed by atoms with Crippen molar-refractivity contribution in [3.8, 4) is 0 Å². The topological polar surface area (TPSA) is 105 Å². The Balaban J connectivity index is 2.71. The fourth-order valence-corrected chi connectivity index (χ4v) is 1.37. The zero-order valence-electron chi connectivity index (χ0n) is 10.9. The number of nitrogens with one attached hydrogen (secondary N) is 1. The molecule has 0 radical (unpaired) electrons. The molecule has 2 N–H and O–H groups in total. The lowest BCUT2D eigenvalue weighted by atomic mass is 9.76. The molecule has 7 heteroatoms. The summed E-state index contributed by atoms with van der Waals surface area (Å²) in [6, 6.07) is -0.0194. The van der Waals surface area contributed by atoms with Gasteiger partial charge in [-0.1, -0.05) is 18.9 Å². The van der Waals surface area contributed by atoms with Crippen molar-refractivity contribution in [1.82, 2.24) is 10.2 Å². The quantitative estimate of drug-likeness (QED) is 0.825. The molecule has 0 aliphatic rings. The van der Waals surface area contributed by atoms with E-state index in [9.17, 15) is 14.7 Å². The summed E-state index contributed by atoms with van der Waals surface area (Å²) in [5, 5.41) is 18.7. The van der Waals surface area contributed by atoms with Gasteiger partial charge >= 0.3 is 12.0 Å². The molecule has 7 nitrogen and oxygen atoms in total. The lowest BCUT2D eigenvalue weighted by molar-refractivity contribution is -0.153. The van der Waals surface area contributed by atoms with Crippen molar-refractivity contribution in [3.05, 3.63) is 5.89 Å². The van der Waals surface area contributed by atoms with E-state index in [2.05, 4.69) is 15.5 Å². The van der Waals surface area contributed by atoms with Crippen LogP contribution in [0, 0.1) is 18.3 Å². The van der Waals surface area contributed by atoms with Crippen LogP contribution >= 0.6 is 0 Å². The van der Waals surface area contributed by atoms with E-state index in [4.69, 9.17) is 4.42 Å². The van der Waals surface area contributed by atoms with Crippen LogP contribution < -0.4 is 5.32 Å². The Morgan fingerprint density at radius 2 is 2.06 bits per heavy atom. The molecule has 0 aromatic carbocycles. The molecule has 0 fully saturated rings. The van der Waals surface area contributed by atoms with Crippen LogP contribution in [0.25, 0.3) is 0 Å². The minimum absolute atomic E-state index is 0.0194. The molecule has 1 aromatic heterocycles. The molecule has 0 saturated heterocycles. The lowest BCUT2D eigenvalue weighted by Crippen LogP contribution is -2.37. The highest BCUT2D eigenvalue weighted by atomic mass is 16.4. The van der Waals surface area contributed by atoms with Gasteiger partial charge in [-0.05, 0) is 12.8 Å². The second kappa shape index (κ2) is 5.16. The number of carbonyl (C=O) groups is 2. The minimum atomic E-state index is -1.13. The first-order valence-electron chi connectivity index (χ1n) is 5.59. The van der Waals surface area contributed by atoms with Crippen molar-refractivity contribution in [3.63, 3.8) is 0 Å². The van der Waals surface area contributed by atoms with Gasteiger partial charge in [-0.3, -0.25) is 14.9 Å². The Labute approximate surface area is 105 Å². The largest absolute Gasteiger partial charge is 0.481 e. The highest BCUT2D eigenvalue weighted by molar-refractivity contribution is 5.92. The first-order valence-corrected chi connectivity index (χ1v) is 5.59. The second-order valence-corrected chi connectivity index (χ2v) is 4.73. The van der Waals surface area contributed by atoms with Crippen molar-refractivity contribution < 1.29 is 19.1 Å². The maximum Gasteiger partial charge on any atom is 0.322 e. The number of anilines is 1. The van der Waals surface area contributed by atoms with Gasteiger partial charge in [0, 0.05) is 13.3 Å². The number of nitrogens with zero attached hydrogens (tertiary/aromatic N) is 2. The van der Waals surface area contributed by atoms with Gasteiger partial charge in [0.15, 0.2) is 0 Å². The average molecular weight is 255 g/mol. The molecule has 0 spiro atoms. The van der Waals surface area contributed by atoms with Gasteiger partial charge in [0.2, 0.25) is 11.8 Å². The molecular formula is C11H17N3O4. The molecule has 0 bridgehead atoms. The third-order valence-electron chi connectivity index (χ3n) is 3.06. The fourth-order valence-electron chi connectivity index (χ4n) is 1.37. The van der Waals surface area contributed by atoms with E-state index < -0.39 is 17.3 Å². The summed E-state index contributed by atoms with van der Waals surface area (Å²) in [6.07, 6.45) is -0.151. The van der Waals surface area contributed by atoms with E-state index in [0.29, 0.717) is 5.89 Å². The van der Waals surface area contributed by atoms with Gasteiger partial charge in [0.25, 0.3) is 0 Å². The molecule has 1 heterocycles. The maximum atomic E-state index is 11.7. The summed E-state index contributed by atoms with van der Waals surface area (Å²) in [6.45, 7) is 6.66. The molecule has 100 valence electrons. The Hall–Kier alpha value is -1.92. The van der Waals surface area contributed by atoms with E-state index in [1.165, 1.54) is 0 Å². The molecule has 1 unspecified atom stereocenters. The maximum absolute atomic E-state index is 11.7. The summed E-state index contributed by atoms with van der Waals surface area (Å²) in [7, 11) is 0. The van der Waals surface area contributed by atoms with Crippen molar-refractivity contribution in [2.24, 2.45) is 11.3 Å². The number of aryl methyl sites for hydroxylation is 1. The number of hydrogen-bond donors (Lipinski definition) is 2. The summed E-state index contributed by atoms with van der Waals surface area (Å²) in [4.78, 5) is 23.0. The van der Waals surface area contributed by atoms with Gasteiger partial charge in [0.1, 0.15) is 0 Å². The average Bonchev–Trinajstić information content (AvgIpc) is 2.62. The van der Waals surface area contributed by atoms with Gasteiger partial charge in [-0.15, -0.1) is 5.10 Å².